The molecular weight excluding hydrogens is 236 g/mol. The molecule has 1 rings (SSSR count). The number of hydrogen-bond donors (Lipinski definition) is 1. The number of carbonyl (C=O) groups excluding carboxylic acids is 2. The van der Waals surface area contributed by atoms with Crippen LogP contribution in [0, 0.1) is 0 Å². The Morgan fingerprint density at radius 1 is 1.35 bits per heavy atom. The van der Waals surface area contributed by atoms with Crippen LogP contribution in [0.5, 0.6) is 0 Å². The zero-order valence-electron chi connectivity index (χ0n) is 10.2. The number of amides is 2. The minimum Gasteiger partial charge on any atom is -0.347 e. The molecule has 2 amide bonds. The predicted octanol–water partition coefficient (Wildman–Crippen LogP) is 1.28. The van der Waals surface area contributed by atoms with Gasteiger partial charge in [-0.3, -0.25) is 9.59 Å². The van der Waals surface area contributed by atoms with Gasteiger partial charge in [-0.1, -0.05) is 6.07 Å². The number of hydrogen-bond acceptors (Lipinski definition) is 3. The average Bonchev–Trinajstić information content (AvgIpc) is 2.81. The zero-order chi connectivity index (χ0) is 12.7. The van der Waals surface area contributed by atoms with E-state index < -0.39 is 0 Å². The van der Waals surface area contributed by atoms with Crippen molar-refractivity contribution in [3.8, 4) is 0 Å². The van der Waals surface area contributed by atoms with Crippen molar-refractivity contribution in [2.45, 2.75) is 20.3 Å². The maximum absolute atomic E-state index is 11.6. The van der Waals surface area contributed by atoms with E-state index in [-0.39, 0.29) is 18.4 Å². The molecule has 0 bridgehead atoms. The van der Waals surface area contributed by atoms with Gasteiger partial charge < -0.3 is 10.2 Å². The molecule has 0 fully saturated rings. The number of nitrogens with one attached hydrogen (secondary N) is 1. The van der Waals surface area contributed by atoms with E-state index in [9.17, 15) is 9.59 Å². The summed E-state index contributed by atoms with van der Waals surface area (Å²) in [4.78, 5) is 25.9. The van der Waals surface area contributed by atoms with Crippen LogP contribution in [-0.4, -0.2) is 36.3 Å². The predicted molar refractivity (Wildman–Crippen MR) is 69.0 cm³/mol. The van der Waals surface area contributed by atoms with Crippen molar-refractivity contribution in [1.82, 2.24) is 10.2 Å². The van der Waals surface area contributed by atoms with Gasteiger partial charge in [-0.15, -0.1) is 11.3 Å². The molecule has 4 nitrogen and oxygen atoms in total. The largest absolute Gasteiger partial charge is 0.347 e. The lowest BCUT2D eigenvalue weighted by Crippen LogP contribution is -2.40. The van der Waals surface area contributed by atoms with Crippen molar-refractivity contribution >= 4 is 23.2 Å². The summed E-state index contributed by atoms with van der Waals surface area (Å²) in [5.41, 5.74) is 0. The standard InChI is InChI=1S/C12H18N2O2S/c1-3-14(4-2)12(16)9-13-11(15)8-10-6-5-7-17-10/h5-7H,3-4,8-9H2,1-2H3,(H,13,15). The smallest absolute Gasteiger partial charge is 0.241 e. The quantitative estimate of drug-likeness (QED) is 0.831. The number of likely N-dealkylation sites (N-methyl/N-ethyl adjacent to an activating group) is 1. The normalized spacial score (nSPS) is 10.0. The van der Waals surface area contributed by atoms with Gasteiger partial charge in [-0.05, 0) is 25.3 Å². The first-order valence-corrected chi connectivity index (χ1v) is 6.62. The minimum atomic E-state index is -0.104. The van der Waals surface area contributed by atoms with Crippen LogP contribution >= 0.6 is 11.3 Å². The molecule has 5 heteroatoms. The molecule has 0 aromatic carbocycles. The molecule has 0 atom stereocenters. The van der Waals surface area contributed by atoms with Gasteiger partial charge in [0.15, 0.2) is 0 Å². The Hall–Kier alpha value is -1.36. The van der Waals surface area contributed by atoms with Crippen molar-refractivity contribution in [3.05, 3.63) is 22.4 Å². The fourth-order valence-electron chi connectivity index (χ4n) is 1.50. The third-order valence-electron chi connectivity index (χ3n) is 2.47. The maximum atomic E-state index is 11.6. The van der Waals surface area contributed by atoms with E-state index in [1.807, 2.05) is 31.4 Å². The van der Waals surface area contributed by atoms with Crippen LogP contribution in [0.2, 0.25) is 0 Å². The first-order valence-electron chi connectivity index (χ1n) is 5.74. The van der Waals surface area contributed by atoms with E-state index in [1.54, 1.807) is 16.2 Å². The molecule has 1 aromatic rings. The zero-order valence-corrected chi connectivity index (χ0v) is 11.0. The Balaban J connectivity index is 2.30. The average molecular weight is 254 g/mol. The molecular formula is C12H18N2O2S. The Morgan fingerprint density at radius 2 is 2.06 bits per heavy atom. The summed E-state index contributed by atoms with van der Waals surface area (Å²) in [6.07, 6.45) is 0.350. The third-order valence-corrected chi connectivity index (χ3v) is 3.34. The highest BCUT2D eigenvalue weighted by Crippen LogP contribution is 2.08. The summed E-state index contributed by atoms with van der Waals surface area (Å²) in [7, 11) is 0. The Bertz CT molecular complexity index is 359. The van der Waals surface area contributed by atoms with Crippen molar-refractivity contribution < 1.29 is 9.59 Å². The van der Waals surface area contributed by atoms with E-state index in [1.165, 1.54) is 0 Å². The van der Waals surface area contributed by atoms with Gasteiger partial charge in [0.2, 0.25) is 11.8 Å². The summed E-state index contributed by atoms with van der Waals surface area (Å²) in [6.45, 7) is 5.29. The third kappa shape index (κ3) is 4.56. The first kappa shape index (κ1) is 13.7. The van der Waals surface area contributed by atoms with Gasteiger partial charge in [0.05, 0.1) is 13.0 Å². The van der Waals surface area contributed by atoms with Crippen LogP contribution < -0.4 is 5.32 Å². The fraction of sp³-hybridized carbons (Fsp3) is 0.500. The lowest BCUT2D eigenvalue weighted by Gasteiger charge is -2.18. The minimum absolute atomic E-state index is 0.0328. The highest BCUT2D eigenvalue weighted by Gasteiger charge is 2.11. The van der Waals surface area contributed by atoms with Crippen molar-refractivity contribution in [3.63, 3.8) is 0 Å². The Labute approximate surface area is 106 Å². The summed E-state index contributed by atoms with van der Waals surface area (Å²) >= 11 is 1.54. The Kier molecular flexibility index (Phi) is 5.69. The lowest BCUT2D eigenvalue weighted by atomic mass is 10.3. The molecule has 0 aliphatic heterocycles. The Morgan fingerprint density at radius 3 is 2.59 bits per heavy atom. The second-order valence-corrected chi connectivity index (χ2v) is 4.63. The van der Waals surface area contributed by atoms with Crippen LogP contribution in [0.25, 0.3) is 0 Å². The van der Waals surface area contributed by atoms with Crippen LogP contribution in [-0.2, 0) is 16.0 Å². The number of carbonyl (C=O) groups is 2. The van der Waals surface area contributed by atoms with E-state index in [0.717, 1.165) is 4.88 Å². The monoisotopic (exact) mass is 254 g/mol. The van der Waals surface area contributed by atoms with E-state index in [4.69, 9.17) is 0 Å². The number of rotatable bonds is 6. The van der Waals surface area contributed by atoms with Crippen LogP contribution in [0.1, 0.15) is 18.7 Å². The maximum Gasteiger partial charge on any atom is 0.241 e. The van der Waals surface area contributed by atoms with E-state index >= 15 is 0 Å². The second kappa shape index (κ2) is 7.06. The van der Waals surface area contributed by atoms with Gasteiger partial charge in [0, 0.05) is 18.0 Å². The molecule has 17 heavy (non-hydrogen) atoms. The van der Waals surface area contributed by atoms with Crippen molar-refractivity contribution in [2.75, 3.05) is 19.6 Å². The molecule has 1 heterocycles. The fourth-order valence-corrected chi connectivity index (χ4v) is 2.20. The topological polar surface area (TPSA) is 49.4 Å². The first-order chi connectivity index (χ1) is 8.17. The SMILES string of the molecule is CCN(CC)C(=O)CNC(=O)Cc1cccs1. The van der Waals surface area contributed by atoms with Gasteiger partial charge in [-0.2, -0.15) is 0 Å². The summed E-state index contributed by atoms with van der Waals surface area (Å²) in [5.74, 6) is -0.137. The van der Waals surface area contributed by atoms with Gasteiger partial charge in [-0.25, -0.2) is 0 Å². The molecule has 0 unspecified atom stereocenters. The van der Waals surface area contributed by atoms with E-state index in [2.05, 4.69) is 5.32 Å². The molecule has 94 valence electrons. The van der Waals surface area contributed by atoms with Gasteiger partial charge >= 0.3 is 0 Å². The summed E-state index contributed by atoms with van der Waals surface area (Å²) in [6, 6.07) is 3.82. The molecule has 0 aliphatic rings. The second-order valence-electron chi connectivity index (χ2n) is 3.60. The highest BCUT2D eigenvalue weighted by molar-refractivity contribution is 7.10. The van der Waals surface area contributed by atoms with Gasteiger partial charge in [0.25, 0.3) is 0 Å². The highest BCUT2D eigenvalue weighted by atomic mass is 32.1. The lowest BCUT2D eigenvalue weighted by molar-refractivity contribution is -0.132. The molecule has 0 radical (unpaired) electrons. The van der Waals surface area contributed by atoms with Crippen LogP contribution in [0.15, 0.2) is 17.5 Å². The van der Waals surface area contributed by atoms with Gasteiger partial charge in [0.1, 0.15) is 0 Å². The number of thiophene rings is 1. The molecule has 1 aromatic heterocycles. The van der Waals surface area contributed by atoms with E-state index in [0.29, 0.717) is 19.5 Å². The summed E-state index contributed by atoms with van der Waals surface area (Å²) < 4.78 is 0. The molecule has 0 saturated carbocycles. The molecule has 1 N–H and O–H groups in total. The molecule has 0 saturated heterocycles. The van der Waals surface area contributed by atoms with Crippen LogP contribution in [0.3, 0.4) is 0 Å². The summed E-state index contributed by atoms with van der Waals surface area (Å²) in [5, 5.41) is 4.58. The molecule has 0 aliphatic carbocycles. The molecule has 0 spiro atoms. The number of nitrogens with zero attached hydrogens (tertiary/aromatic N) is 1. The van der Waals surface area contributed by atoms with Crippen LogP contribution in [0.4, 0.5) is 0 Å². The van der Waals surface area contributed by atoms with Crippen molar-refractivity contribution in [1.29, 1.82) is 0 Å². The van der Waals surface area contributed by atoms with Crippen molar-refractivity contribution in [2.24, 2.45) is 0 Å².